The van der Waals surface area contributed by atoms with E-state index in [-0.39, 0.29) is 24.4 Å². The van der Waals surface area contributed by atoms with Crippen molar-refractivity contribution in [1.82, 2.24) is 0 Å². The molecule has 1 fully saturated rings. The van der Waals surface area contributed by atoms with Crippen molar-refractivity contribution in [3.05, 3.63) is 60.8 Å². The summed E-state index contributed by atoms with van der Waals surface area (Å²) in [4.78, 5) is 12.7. The molecule has 4 rings (SSSR count). The summed E-state index contributed by atoms with van der Waals surface area (Å²) < 4.78 is 17.7. The van der Waals surface area contributed by atoms with E-state index in [1.54, 1.807) is 12.2 Å². The number of cyclic esters (lactones) is 1. The summed E-state index contributed by atoms with van der Waals surface area (Å²) in [5.74, 6) is 0.273. The molecule has 0 aromatic rings. The van der Waals surface area contributed by atoms with Gasteiger partial charge in [-0.25, -0.2) is 4.79 Å². The number of rotatable bonds is 3. The fourth-order valence-electron chi connectivity index (χ4n) is 5.77. The normalized spacial score (nSPS) is 39.6. The van der Waals surface area contributed by atoms with Crippen LogP contribution in [0.3, 0.4) is 0 Å². The van der Waals surface area contributed by atoms with Gasteiger partial charge in [-0.05, 0) is 69.6 Å². The molecule has 0 radical (unpaired) electrons. The fraction of sp³-hybridized carbons (Fsp3) is 0.645. The number of allylic oxidation sites excluding steroid dienone is 3. The zero-order valence-corrected chi connectivity index (χ0v) is 22.1. The molecule has 0 aromatic heterocycles. The molecule has 9 atom stereocenters. The van der Waals surface area contributed by atoms with Crippen LogP contribution in [-0.2, 0) is 19.0 Å². The molecule has 2 N–H and O–H groups in total. The van der Waals surface area contributed by atoms with Gasteiger partial charge in [-0.1, -0.05) is 61.6 Å². The molecule has 1 saturated heterocycles. The lowest BCUT2D eigenvalue weighted by atomic mass is 9.91. The molecule has 0 saturated carbocycles. The number of carbonyl (C=O) groups is 1. The number of aliphatic hydroxyl groups excluding tert-OH is 2. The van der Waals surface area contributed by atoms with Gasteiger partial charge in [0.1, 0.15) is 18.3 Å². The first-order chi connectivity index (χ1) is 17.9. The Labute approximate surface area is 221 Å². The molecule has 37 heavy (non-hydrogen) atoms. The molecule has 1 unspecified atom stereocenters. The maximum Gasteiger partial charge on any atom is 0.330 e. The zero-order valence-electron chi connectivity index (χ0n) is 22.1. The third-order valence-corrected chi connectivity index (χ3v) is 7.79. The minimum Gasteiger partial charge on any atom is -0.456 e. The van der Waals surface area contributed by atoms with Gasteiger partial charge in [-0.2, -0.15) is 0 Å². The first-order valence-electron chi connectivity index (χ1n) is 14.1. The second-order valence-electron chi connectivity index (χ2n) is 11.3. The smallest absolute Gasteiger partial charge is 0.330 e. The predicted molar refractivity (Wildman–Crippen MR) is 144 cm³/mol. The Kier molecular flexibility index (Phi) is 10.4. The van der Waals surface area contributed by atoms with Gasteiger partial charge < -0.3 is 24.4 Å². The topological polar surface area (TPSA) is 88.5 Å². The highest BCUT2D eigenvalue weighted by atomic mass is 16.6. The van der Waals surface area contributed by atoms with Gasteiger partial charge in [-0.15, -0.1) is 0 Å². The van der Waals surface area contributed by atoms with E-state index in [0.717, 1.165) is 50.5 Å². The maximum absolute atomic E-state index is 12.7. The van der Waals surface area contributed by atoms with Gasteiger partial charge in [0.25, 0.3) is 0 Å². The number of ether oxygens (including phenoxy) is 3. The number of esters is 1. The quantitative estimate of drug-likeness (QED) is 0.310. The minimum absolute atomic E-state index is 0.0718. The number of aliphatic hydroxyl groups is 2. The first-order valence-corrected chi connectivity index (χ1v) is 14.1. The van der Waals surface area contributed by atoms with Gasteiger partial charge in [-0.3, -0.25) is 0 Å². The largest absolute Gasteiger partial charge is 0.456 e. The maximum atomic E-state index is 12.7. The van der Waals surface area contributed by atoms with Crippen LogP contribution >= 0.6 is 0 Å². The molecule has 3 aliphatic heterocycles. The lowest BCUT2D eigenvalue weighted by molar-refractivity contribution is -0.148. The van der Waals surface area contributed by atoms with Gasteiger partial charge >= 0.3 is 5.97 Å². The van der Waals surface area contributed by atoms with Crippen LogP contribution in [0.15, 0.2) is 60.8 Å². The van der Waals surface area contributed by atoms with Gasteiger partial charge in [0.15, 0.2) is 0 Å². The molecule has 2 bridgehead atoms. The summed E-state index contributed by atoms with van der Waals surface area (Å²) in [7, 11) is 0. The SMILES string of the molecule is C=C1C[C@H](C)C[C@@H]2CC=C[C@@H](C/C=C\C(=O)O[C@H]([C@@H](O)/C=C/C3CC=CCCC3)C[C@@H]3O[C@H]3[C@@H](O)C1)O2. The second-order valence-corrected chi connectivity index (χ2v) is 11.3. The lowest BCUT2D eigenvalue weighted by Gasteiger charge is -2.28. The van der Waals surface area contributed by atoms with Crippen LogP contribution in [0.1, 0.15) is 71.1 Å². The van der Waals surface area contributed by atoms with Gasteiger partial charge in [0, 0.05) is 12.5 Å². The predicted octanol–water partition coefficient (Wildman–Crippen LogP) is 5.12. The van der Waals surface area contributed by atoms with E-state index in [1.807, 2.05) is 6.08 Å². The summed E-state index contributed by atoms with van der Waals surface area (Å²) in [5.41, 5.74) is 1.00. The van der Waals surface area contributed by atoms with Gasteiger partial charge in [0.05, 0.1) is 24.4 Å². The van der Waals surface area contributed by atoms with Crippen LogP contribution in [0.4, 0.5) is 0 Å². The van der Waals surface area contributed by atoms with Crippen molar-refractivity contribution in [3.8, 4) is 0 Å². The number of carbonyl (C=O) groups excluding carboxylic acids is 1. The molecule has 0 amide bonds. The van der Waals surface area contributed by atoms with E-state index in [0.29, 0.717) is 31.1 Å². The van der Waals surface area contributed by atoms with Crippen molar-refractivity contribution in [2.24, 2.45) is 11.8 Å². The fourth-order valence-corrected chi connectivity index (χ4v) is 5.77. The Morgan fingerprint density at radius 2 is 1.95 bits per heavy atom. The third kappa shape index (κ3) is 9.06. The minimum atomic E-state index is -0.946. The number of epoxide rings is 1. The number of fused-ring (bicyclic) bond motifs is 3. The van der Waals surface area contributed by atoms with Crippen molar-refractivity contribution < 1.29 is 29.2 Å². The average Bonchev–Trinajstić information content (AvgIpc) is 3.65. The summed E-state index contributed by atoms with van der Waals surface area (Å²) in [5, 5.41) is 21.7. The Morgan fingerprint density at radius 1 is 1.08 bits per heavy atom. The van der Waals surface area contributed by atoms with Crippen molar-refractivity contribution in [3.63, 3.8) is 0 Å². The van der Waals surface area contributed by atoms with Crippen LogP contribution in [0.5, 0.6) is 0 Å². The van der Waals surface area contributed by atoms with Crippen molar-refractivity contribution >= 4 is 5.97 Å². The molecular weight excluding hydrogens is 468 g/mol. The molecule has 6 nitrogen and oxygen atoms in total. The van der Waals surface area contributed by atoms with Crippen LogP contribution in [0.2, 0.25) is 0 Å². The monoisotopic (exact) mass is 512 g/mol. The Bertz CT molecular complexity index is 888. The van der Waals surface area contributed by atoms with E-state index in [9.17, 15) is 15.0 Å². The van der Waals surface area contributed by atoms with Crippen molar-refractivity contribution in [2.75, 3.05) is 0 Å². The average molecular weight is 513 g/mol. The summed E-state index contributed by atoms with van der Waals surface area (Å²) >= 11 is 0. The van der Waals surface area contributed by atoms with Crippen LogP contribution in [0, 0.1) is 11.8 Å². The van der Waals surface area contributed by atoms with E-state index in [1.165, 1.54) is 6.08 Å². The standard InChI is InChI=1S/C31H44O6/c1-21-17-22(2)19-27(33)31-29(37-31)20-28(26(32)16-15-23-9-5-3-4-6-10-23)36-30(34)14-8-12-24-11-7-13-25(18-21)35-24/h3,5,7-8,11,14-16,21,23-29,31-33H,2,4,6,9-10,12-13,17-20H2,1H3/b14-8-,16-15+/t21-,23?,24-,25-,26-,27-,28-,29-,31-/m0/s1. The Balaban J connectivity index is 1.44. The molecule has 0 spiro atoms. The van der Waals surface area contributed by atoms with Crippen molar-refractivity contribution in [1.29, 1.82) is 0 Å². The highest BCUT2D eigenvalue weighted by Gasteiger charge is 2.46. The van der Waals surface area contributed by atoms with Crippen LogP contribution in [-0.4, -0.2) is 58.9 Å². The van der Waals surface area contributed by atoms with E-state index < -0.39 is 24.3 Å². The summed E-state index contributed by atoms with van der Waals surface area (Å²) in [6.45, 7) is 6.40. The first kappa shape index (κ1) is 28.0. The molecular formula is C31H44O6. The van der Waals surface area contributed by atoms with E-state index in [2.05, 4.69) is 37.8 Å². The Hall–Kier alpha value is -1.99. The molecule has 1 aliphatic carbocycles. The molecule has 6 heteroatoms. The second kappa shape index (κ2) is 13.7. The lowest BCUT2D eigenvalue weighted by Crippen LogP contribution is -2.32. The zero-order chi connectivity index (χ0) is 26.2. The summed E-state index contributed by atoms with van der Waals surface area (Å²) in [6.07, 6.45) is 21.0. The molecule has 3 heterocycles. The molecule has 204 valence electrons. The summed E-state index contributed by atoms with van der Waals surface area (Å²) in [6, 6.07) is 0. The number of hydrogen-bond donors (Lipinski definition) is 2. The van der Waals surface area contributed by atoms with Crippen LogP contribution < -0.4 is 0 Å². The van der Waals surface area contributed by atoms with E-state index >= 15 is 0 Å². The highest BCUT2D eigenvalue weighted by Crippen LogP contribution is 2.35. The van der Waals surface area contributed by atoms with Gasteiger partial charge in [0.2, 0.25) is 0 Å². The molecule has 0 aromatic carbocycles. The van der Waals surface area contributed by atoms with Crippen molar-refractivity contribution in [2.45, 2.75) is 114 Å². The number of hydrogen-bond acceptors (Lipinski definition) is 6. The molecule has 4 aliphatic rings. The highest BCUT2D eigenvalue weighted by molar-refractivity contribution is 5.82. The third-order valence-electron chi connectivity index (χ3n) is 7.79. The Morgan fingerprint density at radius 3 is 2.81 bits per heavy atom. The van der Waals surface area contributed by atoms with Crippen LogP contribution in [0.25, 0.3) is 0 Å². The van der Waals surface area contributed by atoms with E-state index in [4.69, 9.17) is 14.2 Å².